The number of nitrogens with zero attached hydrogens (tertiary/aromatic N) is 2. The van der Waals surface area contributed by atoms with Gasteiger partial charge in [-0.2, -0.15) is 11.8 Å². The summed E-state index contributed by atoms with van der Waals surface area (Å²) in [5, 5.41) is 2.83. The molecule has 0 aromatic carbocycles. The van der Waals surface area contributed by atoms with E-state index in [-0.39, 0.29) is 11.9 Å². The first kappa shape index (κ1) is 13.1. The molecular formula is C12H16FN3OS. The molecule has 1 aromatic heterocycles. The van der Waals surface area contributed by atoms with Crippen LogP contribution in [0.15, 0.2) is 12.3 Å². The Hall–Kier alpha value is -1.30. The van der Waals surface area contributed by atoms with Crippen LogP contribution >= 0.6 is 11.8 Å². The van der Waals surface area contributed by atoms with Gasteiger partial charge in [0.1, 0.15) is 11.6 Å². The lowest BCUT2D eigenvalue weighted by atomic mass is 10.2. The van der Waals surface area contributed by atoms with Crippen molar-refractivity contribution in [2.75, 3.05) is 30.4 Å². The van der Waals surface area contributed by atoms with Gasteiger partial charge < -0.3 is 10.2 Å². The van der Waals surface area contributed by atoms with Gasteiger partial charge in [0.05, 0.1) is 11.8 Å². The highest BCUT2D eigenvalue weighted by atomic mass is 32.2. The number of rotatable bonds is 2. The van der Waals surface area contributed by atoms with Gasteiger partial charge in [-0.05, 0) is 13.0 Å². The molecule has 1 N–H and O–H groups in total. The van der Waals surface area contributed by atoms with Crippen molar-refractivity contribution in [3.05, 3.63) is 23.6 Å². The van der Waals surface area contributed by atoms with Gasteiger partial charge in [0.2, 0.25) is 0 Å². The van der Waals surface area contributed by atoms with E-state index in [1.807, 2.05) is 18.7 Å². The summed E-state index contributed by atoms with van der Waals surface area (Å²) in [4.78, 5) is 18.1. The van der Waals surface area contributed by atoms with E-state index < -0.39 is 5.82 Å². The van der Waals surface area contributed by atoms with Crippen LogP contribution in [0.3, 0.4) is 0 Å². The average Bonchev–Trinajstić information content (AvgIpc) is 2.38. The molecular weight excluding hydrogens is 253 g/mol. The van der Waals surface area contributed by atoms with Gasteiger partial charge in [0, 0.05) is 31.1 Å². The number of carbonyl (C=O) groups is 1. The number of amides is 1. The van der Waals surface area contributed by atoms with Gasteiger partial charge in [0.25, 0.3) is 5.91 Å². The molecule has 1 aromatic rings. The predicted octanol–water partition coefficient (Wildman–Crippen LogP) is 1.84. The number of nitrogens with one attached hydrogen (secondary N) is 1. The smallest absolute Gasteiger partial charge is 0.258 e. The molecule has 1 fully saturated rings. The van der Waals surface area contributed by atoms with Gasteiger partial charge >= 0.3 is 0 Å². The Morgan fingerprint density at radius 2 is 2.44 bits per heavy atom. The van der Waals surface area contributed by atoms with Crippen LogP contribution < -0.4 is 5.32 Å². The fourth-order valence-corrected chi connectivity index (χ4v) is 3.00. The van der Waals surface area contributed by atoms with Crippen molar-refractivity contribution in [3.8, 4) is 0 Å². The van der Waals surface area contributed by atoms with Crippen molar-refractivity contribution in [3.63, 3.8) is 0 Å². The topological polar surface area (TPSA) is 45.2 Å². The summed E-state index contributed by atoms with van der Waals surface area (Å²) < 4.78 is 13.2. The zero-order chi connectivity index (χ0) is 13.1. The highest BCUT2D eigenvalue weighted by molar-refractivity contribution is 7.99. The second kappa shape index (κ2) is 5.56. The van der Waals surface area contributed by atoms with E-state index in [9.17, 15) is 9.18 Å². The Bertz CT molecular complexity index is 455. The molecule has 1 atom stereocenters. The maximum absolute atomic E-state index is 13.2. The molecule has 1 saturated heterocycles. The lowest BCUT2D eigenvalue weighted by Gasteiger charge is -2.33. The van der Waals surface area contributed by atoms with Crippen LogP contribution in [0.25, 0.3) is 0 Å². The minimum Gasteiger partial charge on any atom is -0.372 e. The summed E-state index contributed by atoms with van der Waals surface area (Å²) in [7, 11) is 1.67. The van der Waals surface area contributed by atoms with E-state index in [0.29, 0.717) is 17.9 Å². The minimum absolute atomic E-state index is 0.154. The number of halogens is 1. The van der Waals surface area contributed by atoms with Crippen LogP contribution in [-0.4, -0.2) is 46.9 Å². The van der Waals surface area contributed by atoms with E-state index in [1.165, 1.54) is 6.07 Å². The van der Waals surface area contributed by atoms with Crippen molar-refractivity contribution < 1.29 is 9.18 Å². The van der Waals surface area contributed by atoms with Crippen molar-refractivity contribution in [2.45, 2.75) is 13.0 Å². The number of pyridine rings is 1. The summed E-state index contributed by atoms with van der Waals surface area (Å²) in [6.45, 7) is 2.71. The molecule has 1 amide bonds. The number of hydrogen-bond acceptors (Lipinski definition) is 4. The number of hydrogen-bond donors (Lipinski definition) is 1. The molecule has 18 heavy (non-hydrogen) atoms. The summed E-state index contributed by atoms with van der Waals surface area (Å²) >= 11 is 1.83. The monoisotopic (exact) mass is 269 g/mol. The summed E-state index contributed by atoms with van der Waals surface area (Å²) in [5.74, 6) is 1.62. The molecule has 1 aliphatic heterocycles. The largest absolute Gasteiger partial charge is 0.372 e. The van der Waals surface area contributed by atoms with Gasteiger partial charge in [-0.3, -0.25) is 4.79 Å². The Morgan fingerprint density at radius 1 is 1.67 bits per heavy atom. The molecule has 0 saturated carbocycles. The van der Waals surface area contributed by atoms with Crippen LogP contribution in [0.1, 0.15) is 17.3 Å². The average molecular weight is 269 g/mol. The Labute approximate surface area is 110 Å². The minimum atomic E-state index is -0.489. The lowest BCUT2D eigenvalue weighted by Crippen LogP contribution is -2.44. The molecule has 1 aliphatic rings. The third-order valence-electron chi connectivity index (χ3n) is 2.95. The van der Waals surface area contributed by atoms with Crippen molar-refractivity contribution in [1.82, 2.24) is 9.88 Å². The van der Waals surface area contributed by atoms with E-state index in [0.717, 1.165) is 17.7 Å². The number of aromatic nitrogens is 1. The van der Waals surface area contributed by atoms with Crippen LogP contribution in [0.2, 0.25) is 0 Å². The van der Waals surface area contributed by atoms with E-state index in [2.05, 4.69) is 10.3 Å². The second-order valence-electron chi connectivity index (χ2n) is 4.22. The van der Waals surface area contributed by atoms with Gasteiger partial charge in [-0.1, -0.05) is 0 Å². The Morgan fingerprint density at radius 3 is 3.11 bits per heavy atom. The van der Waals surface area contributed by atoms with E-state index >= 15 is 0 Å². The number of thioether (sulfide) groups is 1. The molecule has 0 radical (unpaired) electrons. The van der Waals surface area contributed by atoms with Crippen LogP contribution in [0.5, 0.6) is 0 Å². The molecule has 0 spiro atoms. The SMILES string of the molecule is CNc1ncc(F)cc1C(=O)N1CCSCC1C. The third kappa shape index (κ3) is 2.58. The van der Waals surface area contributed by atoms with Gasteiger partial charge in [0.15, 0.2) is 0 Å². The zero-order valence-corrected chi connectivity index (χ0v) is 11.3. The molecule has 4 nitrogen and oxygen atoms in total. The summed E-state index contributed by atoms with van der Waals surface area (Å²) in [5.41, 5.74) is 0.302. The molecule has 0 aliphatic carbocycles. The van der Waals surface area contributed by atoms with Crippen molar-refractivity contribution in [2.24, 2.45) is 0 Å². The molecule has 6 heteroatoms. The molecule has 98 valence electrons. The first-order valence-corrected chi connectivity index (χ1v) is 7.01. The maximum atomic E-state index is 13.2. The first-order chi connectivity index (χ1) is 8.63. The van der Waals surface area contributed by atoms with Gasteiger partial charge in [-0.25, -0.2) is 9.37 Å². The number of carbonyl (C=O) groups excluding carboxylic acids is 1. The van der Waals surface area contributed by atoms with Crippen molar-refractivity contribution >= 4 is 23.5 Å². The third-order valence-corrected chi connectivity index (χ3v) is 4.14. The number of anilines is 1. The van der Waals surface area contributed by atoms with Crippen LogP contribution in [0, 0.1) is 5.82 Å². The van der Waals surface area contributed by atoms with E-state index in [1.54, 1.807) is 11.9 Å². The predicted molar refractivity (Wildman–Crippen MR) is 71.6 cm³/mol. The normalized spacial score (nSPS) is 19.7. The fraction of sp³-hybridized carbons (Fsp3) is 0.500. The van der Waals surface area contributed by atoms with Crippen molar-refractivity contribution in [1.29, 1.82) is 0 Å². The Balaban J connectivity index is 2.29. The standard InChI is InChI=1S/C12H16FN3OS/c1-8-7-18-4-3-16(8)12(17)10-5-9(13)6-15-11(10)14-2/h5-6,8H,3-4,7H2,1-2H3,(H,14,15). The van der Waals surface area contributed by atoms with Crippen LogP contribution in [0.4, 0.5) is 10.2 Å². The molecule has 1 unspecified atom stereocenters. The Kier molecular flexibility index (Phi) is 4.06. The lowest BCUT2D eigenvalue weighted by molar-refractivity contribution is 0.0716. The summed E-state index contributed by atoms with van der Waals surface area (Å²) in [6, 6.07) is 1.42. The van der Waals surface area contributed by atoms with E-state index in [4.69, 9.17) is 0 Å². The van der Waals surface area contributed by atoms with Gasteiger partial charge in [-0.15, -0.1) is 0 Å². The first-order valence-electron chi connectivity index (χ1n) is 5.85. The highest BCUT2D eigenvalue weighted by Gasteiger charge is 2.26. The fourth-order valence-electron chi connectivity index (χ4n) is 1.99. The zero-order valence-electron chi connectivity index (χ0n) is 10.4. The quantitative estimate of drug-likeness (QED) is 0.890. The molecule has 0 bridgehead atoms. The summed E-state index contributed by atoms with van der Waals surface area (Å²) in [6.07, 6.45) is 1.11. The van der Waals surface area contributed by atoms with Crippen LogP contribution in [-0.2, 0) is 0 Å². The molecule has 2 heterocycles. The second-order valence-corrected chi connectivity index (χ2v) is 5.37. The molecule has 2 rings (SSSR count). The maximum Gasteiger partial charge on any atom is 0.258 e. The highest BCUT2D eigenvalue weighted by Crippen LogP contribution is 2.21.